The van der Waals surface area contributed by atoms with Gasteiger partial charge in [-0.1, -0.05) is 65.2 Å². The summed E-state index contributed by atoms with van der Waals surface area (Å²) in [6.45, 7) is 3.81. The Bertz CT molecular complexity index is 2460. The lowest BCUT2D eigenvalue weighted by molar-refractivity contribution is -0.137. The number of aryl methyl sites for hydroxylation is 2. The molecule has 0 bridgehead atoms. The van der Waals surface area contributed by atoms with E-state index in [2.05, 4.69) is 15.3 Å². The predicted molar refractivity (Wildman–Crippen MR) is 194 cm³/mol. The quantitative estimate of drug-likeness (QED) is 0.134. The molecule has 0 unspecified atom stereocenters. The maximum Gasteiger partial charge on any atom is 0.417 e. The van der Waals surface area contributed by atoms with Gasteiger partial charge in [-0.3, -0.25) is 14.1 Å². The van der Waals surface area contributed by atoms with E-state index >= 15 is 0 Å². The smallest absolute Gasteiger partial charge is 0.337 e. The molecule has 0 radical (unpaired) electrons. The molecule has 0 saturated heterocycles. The number of sulfonamides is 1. The van der Waals surface area contributed by atoms with Crippen LogP contribution in [-0.4, -0.2) is 48.5 Å². The number of amides is 2. The number of imidazole rings is 1. The molecule has 0 aliphatic heterocycles. The second kappa shape index (κ2) is 15.8. The van der Waals surface area contributed by atoms with E-state index in [1.165, 1.54) is 30.3 Å². The highest BCUT2D eigenvalue weighted by Crippen LogP contribution is 2.38. The molecule has 0 aliphatic carbocycles. The molecule has 11 nitrogen and oxygen atoms in total. The third-order valence-electron chi connectivity index (χ3n) is 7.71. The van der Waals surface area contributed by atoms with Crippen molar-refractivity contribution in [3.63, 3.8) is 0 Å². The number of nitrogens with one attached hydrogen (secondary N) is 2. The van der Waals surface area contributed by atoms with Crippen molar-refractivity contribution in [3.8, 4) is 17.2 Å². The number of pyridine rings is 1. The Labute approximate surface area is 308 Å². The summed E-state index contributed by atoms with van der Waals surface area (Å²) in [7, 11) is -8.03. The van der Waals surface area contributed by atoms with Gasteiger partial charge in [-0.25, -0.2) is 22.9 Å². The van der Waals surface area contributed by atoms with E-state index in [0.29, 0.717) is 29.1 Å². The van der Waals surface area contributed by atoms with Gasteiger partial charge in [0.15, 0.2) is 5.82 Å². The molecule has 0 atom stereocenters. The number of carbonyl (C=O) groups is 1. The fourth-order valence-electron chi connectivity index (χ4n) is 5.02. The Kier molecular flexibility index (Phi) is 11.6. The molecule has 0 fully saturated rings. The first-order valence-electron chi connectivity index (χ1n) is 15.6. The van der Waals surface area contributed by atoms with Crippen LogP contribution in [0.4, 0.5) is 18.0 Å². The van der Waals surface area contributed by atoms with Crippen molar-refractivity contribution in [3.05, 3.63) is 137 Å². The van der Waals surface area contributed by atoms with E-state index in [9.17, 15) is 34.8 Å². The number of fused-ring (bicyclic) bond motifs is 1. The van der Waals surface area contributed by atoms with Crippen LogP contribution in [0.2, 0.25) is 5.02 Å². The van der Waals surface area contributed by atoms with Crippen molar-refractivity contribution in [1.29, 1.82) is 0 Å². The molecule has 0 spiro atoms. The van der Waals surface area contributed by atoms with Crippen molar-refractivity contribution in [2.24, 2.45) is 0 Å². The Balaban J connectivity index is 0.000000422. The zero-order valence-electron chi connectivity index (χ0n) is 28.0. The van der Waals surface area contributed by atoms with Crippen LogP contribution in [0.1, 0.15) is 22.3 Å². The molecule has 6 aromatic rings. The van der Waals surface area contributed by atoms with E-state index in [1.807, 2.05) is 18.6 Å². The van der Waals surface area contributed by atoms with Gasteiger partial charge in [0.05, 0.1) is 31.4 Å². The van der Waals surface area contributed by atoms with Crippen LogP contribution in [0.15, 0.2) is 119 Å². The summed E-state index contributed by atoms with van der Waals surface area (Å²) in [5.41, 5.74) is 3.22. The van der Waals surface area contributed by atoms with Gasteiger partial charge in [0, 0.05) is 18.4 Å². The Morgan fingerprint density at radius 3 is 2.00 bits per heavy atom. The highest BCUT2D eigenvalue weighted by Gasteiger charge is 2.34. The monoisotopic (exact) mass is 785 g/mol. The molecule has 0 aliphatic rings. The third kappa shape index (κ3) is 9.78. The lowest BCUT2D eigenvalue weighted by Crippen LogP contribution is -2.40. The topological polar surface area (TPSA) is 160 Å². The average Bonchev–Trinajstić information content (AvgIpc) is 3.46. The van der Waals surface area contributed by atoms with Gasteiger partial charge in [0.1, 0.15) is 5.69 Å². The molecular weight excluding hydrogens is 755 g/mol. The SMILES string of the molecule is Cc1ccc(S(=O)(=O)NC(=O)NCCc2ccc(-n3c(-c4ccccn4)nc4cc(C(F)(F)F)c(Cl)cc43)cc2)cc1.Cc1ccc(S(=O)(=O)O)cc1. The summed E-state index contributed by atoms with van der Waals surface area (Å²) in [5.74, 6) is 0.335. The van der Waals surface area contributed by atoms with Crippen molar-refractivity contribution < 1.29 is 39.4 Å². The minimum atomic E-state index is -4.64. The van der Waals surface area contributed by atoms with Crippen LogP contribution in [0.25, 0.3) is 28.2 Å². The lowest BCUT2D eigenvalue weighted by Gasteiger charge is -2.12. The molecule has 3 N–H and O–H groups in total. The number of aromatic nitrogens is 3. The third-order valence-corrected chi connectivity index (χ3v) is 10.2. The molecular formula is C36H31ClF3N5O6S2. The Morgan fingerprint density at radius 1 is 0.849 bits per heavy atom. The van der Waals surface area contributed by atoms with Gasteiger partial charge < -0.3 is 5.32 Å². The van der Waals surface area contributed by atoms with Crippen molar-refractivity contribution in [1.82, 2.24) is 24.6 Å². The summed E-state index contributed by atoms with van der Waals surface area (Å²) >= 11 is 6.04. The first kappa shape index (κ1) is 38.9. The minimum absolute atomic E-state index is 0.0214. The summed E-state index contributed by atoms with van der Waals surface area (Å²) in [4.78, 5) is 20.9. The molecule has 2 amide bonds. The van der Waals surface area contributed by atoms with Gasteiger partial charge in [-0.05, 0) is 86.5 Å². The second-order valence-electron chi connectivity index (χ2n) is 11.7. The van der Waals surface area contributed by atoms with Crippen LogP contribution in [0.3, 0.4) is 0 Å². The van der Waals surface area contributed by atoms with Crippen molar-refractivity contribution in [2.45, 2.75) is 36.2 Å². The first-order chi connectivity index (χ1) is 24.9. The van der Waals surface area contributed by atoms with E-state index in [1.54, 1.807) is 77.5 Å². The molecule has 6 rings (SSSR count). The average molecular weight is 786 g/mol. The molecule has 0 saturated carbocycles. The highest BCUT2D eigenvalue weighted by atomic mass is 35.5. The number of halogens is 4. The molecule has 276 valence electrons. The largest absolute Gasteiger partial charge is 0.417 e. The van der Waals surface area contributed by atoms with Gasteiger partial charge >= 0.3 is 12.2 Å². The Morgan fingerprint density at radius 2 is 1.45 bits per heavy atom. The summed E-state index contributed by atoms with van der Waals surface area (Å²) in [6.07, 6.45) is -2.69. The van der Waals surface area contributed by atoms with Crippen LogP contribution < -0.4 is 10.0 Å². The Hall–Kier alpha value is -5.29. The summed E-state index contributed by atoms with van der Waals surface area (Å²) < 4.78 is 98.5. The van der Waals surface area contributed by atoms with Gasteiger partial charge in [-0.15, -0.1) is 0 Å². The second-order valence-corrected chi connectivity index (χ2v) is 15.2. The number of urea groups is 1. The zero-order valence-corrected chi connectivity index (χ0v) is 30.4. The molecule has 17 heteroatoms. The maximum atomic E-state index is 13.5. The number of nitrogens with zero attached hydrogens (tertiary/aromatic N) is 3. The number of hydrogen-bond donors (Lipinski definition) is 3. The molecule has 4 aromatic carbocycles. The van der Waals surface area contributed by atoms with Gasteiger partial charge in [0.2, 0.25) is 0 Å². The lowest BCUT2D eigenvalue weighted by atomic mass is 10.1. The normalized spacial score (nSPS) is 11.8. The highest BCUT2D eigenvalue weighted by molar-refractivity contribution is 7.90. The van der Waals surface area contributed by atoms with Crippen molar-refractivity contribution >= 4 is 48.8 Å². The van der Waals surface area contributed by atoms with Crippen LogP contribution in [0.5, 0.6) is 0 Å². The van der Waals surface area contributed by atoms with E-state index < -0.39 is 42.9 Å². The fourth-order valence-corrected chi connectivity index (χ4v) is 6.69. The van der Waals surface area contributed by atoms with Gasteiger partial charge in [-0.2, -0.15) is 21.6 Å². The molecule has 2 heterocycles. The van der Waals surface area contributed by atoms with E-state index in [0.717, 1.165) is 22.8 Å². The van der Waals surface area contributed by atoms with Gasteiger partial charge in [0.25, 0.3) is 20.1 Å². The number of benzene rings is 4. The van der Waals surface area contributed by atoms with Crippen molar-refractivity contribution in [2.75, 3.05) is 6.54 Å². The number of rotatable bonds is 8. The number of alkyl halides is 3. The number of carbonyl (C=O) groups excluding carboxylic acids is 1. The first-order valence-corrected chi connectivity index (χ1v) is 18.9. The van der Waals surface area contributed by atoms with Crippen LogP contribution >= 0.6 is 11.6 Å². The molecule has 2 aromatic heterocycles. The fraction of sp³-hybridized carbons (Fsp3) is 0.139. The summed E-state index contributed by atoms with van der Waals surface area (Å²) in [6, 6.07) is 25.7. The van der Waals surface area contributed by atoms with E-state index in [4.69, 9.17) is 16.2 Å². The number of hydrogen-bond acceptors (Lipinski definition) is 7. The van der Waals surface area contributed by atoms with Crippen LogP contribution in [-0.2, 0) is 32.7 Å². The maximum absolute atomic E-state index is 13.5. The van der Waals surface area contributed by atoms with Crippen LogP contribution in [0, 0.1) is 13.8 Å². The molecule has 53 heavy (non-hydrogen) atoms. The predicted octanol–water partition coefficient (Wildman–Crippen LogP) is 7.54. The minimum Gasteiger partial charge on any atom is -0.337 e. The standard InChI is InChI=1S/C29H23ClF3N5O3S.C7H8O3S/c1-18-5-11-21(12-6-18)42(40,41)37-28(39)35-15-13-19-7-9-20(10-8-19)38-26-17-23(30)22(29(31,32)33)16-25(26)36-27(38)24-4-2-3-14-34-24;1-6-2-4-7(5-3-6)11(8,9)10/h2-12,14,16-17H,13,15H2,1H3,(H2,35,37,39);2-5H,1H3,(H,8,9,10). The zero-order chi connectivity index (χ0) is 38.6. The van der Waals surface area contributed by atoms with E-state index in [-0.39, 0.29) is 21.9 Å². The summed E-state index contributed by atoms with van der Waals surface area (Å²) in [5, 5.41) is 2.08.